The first-order chi connectivity index (χ1) is 9.95. The van der Waals surface area contributed by atoms with Gasteiger partial charge < -0.3 is 21.9 Å². The third-order valence-corrected chi connectivity index (χ3v) is 3.00. The molecule has 0 radical (unpaired) electrons. The van der Waals surface area contributed by atoms with Crippen LogP contribution in [0.25, 0.3) is 6.08 Å². The van der Waals surface area contributed by atoms with Crippen LogP contribution < -0.4 is 16.8 Å². The molecular weight excluding hydrogens is 302 g/mol. The third-order valence-electron chi connectivity index (χ3n) is 3.00. The van der Waals surface area contributed by atoms with Gasteiger partial charge in [0.15, 0.2) is 0 Å². The molecule has 2 aromatic rings. The summed E-state index contributed by atoms with van der Waals surface area (Å²) in [6.45, 7) is 1.78. The maximum absolute atomic E-state index is 11.8. The van der Waals surface area contributed by atoms with E-state index in [1.807, 2.05) is 0 Å². The molecule has 0 aromatic heterocycles. The summed E-state index contributed by atoms with van der Waals surface area (Å²) >= 11 is 0. The number of aryl methyl sites for hydroxylation is 1. The Morgan fingerprint density at radius 3 is 2.59 bits per heavy atom. The Balaban J connectivity index is 0.00000242. The SMILES string of the molecule is Cc1ccc(NC(=O)C=Cc2cc(N)ccc2N)cc1O.Cl. The summed E-state index contributed by atoms with van der Waals surface area (Å²) in [5.41, 5.74) is 14.5. The fourth-order valence-electron chi connectivity index (χ4n) is 1.77. The molecule has 2 aromatic carbocycles. The van der Waals surface area contributed by atoms with Gasteiger partial charge in [-0.1, -0.05) is 6.07 Å². The van der Waals surface area contributed by atoms with Crippen molar-refractivity contribution in [3.63, 3.8) is 0 Å². The average Bonchev–Trinajstić information content (AvgIpc) is 2.44. The summed E-state index contributed by atoms with van der Waals surface area (Å²) in [4.78, 5) is 11.8. The van der Waals surface area contributed by atoms with E-state index in [4.69, 9.17) is 11.5 Å². The van der Waals surface area contributed by atoms with Gasteiger partial charge in [0.25, 0.3) is 0 Å². The molecule has 0 aliphatic rings. The number of hydrogen-bond donors (Lipinski definition) is 4. The molecule has 0 atom stereocenters. The second kappa shape index (κ2) is 7.38. The van der Waals surface area contributed by atoms with Crippen LogP contribution >= 0.6 is 12.4 Å². The summed E-state index contributed by atoms with van der Waals surface area (Å²) in [6.07, 6.45) is 2.96. The second-order valence-electron chi connectivity index (χ2n) is 4.71. The van der Waals surface area contributed by atoms with Gasteiger partial charge in [0.2, 0.25) is 5.91 Å². The zero-order valence-electron chi connectivity index (χ0n) is 12.0. The van der Waals surface area contributed by atoms with E-state index in [1.165, 1.54) is 12.1 Å². The first-order valence-electron chi connectivity index (χ1n) is 6.39. The number of carbonyl (C=O) groups excluding carboxylic acids is 1. The van der Waals surface area contributed by atoms with Gasteiger partial charge in [-0.2, -0.15) is 0 Å². The maximum Gasteiger partial charge on any atom is 0.248 e. The lowest BCUT2D eigenvalue weighted by atomic mass is 10.1. The quantitative estimate of drug-likeness (QED) is 0.516. The molecule has 5 nitrogen and oxygen atoms in total. The van der Waals surface area contributed by atoms with Crippen LogP contribution in [0.2, 0.25) is 0 Å². The third kappa shape index (κ3) is 4.43. The summed E-state index contributed by atoms with van der Waals surface area (Å²) in [5.74, 6) is -0.183. The lowest BCUT2D eigenvalue weighted by Gasteiger charge is -2.05. The predicted octanol–water partition coefficient (Wildman–Crippen LogP) is 2.94. The van der Waals surface area contributed by atoms with Crippen LogP contribution in [-0.2, 0) is 4.79 Å². The molecule has 0 saturated carbocycles. The van der Waals surface area contributed by atoms with Crippen LogP contribution in [0.15, 0.2) is 42.5 Å². The van der Waals surface area contributed by atoms with Crippen LogP contribution in [0.3, 0.4) is 0 Å². The van der Waals surface area contributed by atoms with Crippen molar-refractivity contribution in [3.8, 4) is 5.75 Å². The lowest BCUT2D eigenvalue weighted by molar-refractivity contribution is -0.111. The van der Waals surface area contributed by atoms with Gasteiger partial charge >= 0.3 is 0 Å². The van der Waals surface area contributed by atoms with Crippen LogP contribution in [0.4, 0.5) is 17.1 Å². The molecule has 2 rings (SSSR count). The molecule has 0 spiro atoms. The molecule has 0 fully saturated rings. The summed E-state index contributed by atoms with van der Waals surface area (Å²) in [6, 6.07) is 10.0. The molecule has 0 saturated heterocycles. The number of phenols is 1. The number of halogens is 1. The van der Waals surface area contributed by atoms with Gasteiger partial charge in [-0.3, -0.25) is 4.79 Å². The van der Waals surface area contributed by atoms with Crippen molar-refractivity contribution in [2.24, 2.45) is 0 Å². The van der Waals surface area contributed by atoms with Crippen molar-refractivity contribution in [1.29, 1.82) is 0 Å². The Labute approximate surface area is 135 Å². The minimum Gasteiger partial charge on any atom is -0.508 e. The number of hydrogen-bond acceptors (Lipinski definition) is 4. The standard InChI is InChI=1S/C16H17N3O2.ClH/c1-10-2-5-13(9-15(10)20)19-16(21)7-3-11-8-12(17)4-6-14(11)18;/h2-9,20H,17-18H2,1H3,(H,19,21);1H. The first kappa shape index (κ1) is 17.4. The monoisotopic (exact) mass is 319 g/mol. The first-order valence-corrected chi connectivity index (χ1v) is 6.39. The van der Waals surface area contributed by atoms with E-state index >= 15 is 0 Å². The van der Waals surface area contributed by atoms with Crippen molar-refractivity contribution in [3.05, 3.63) is 53.6 Å². The molecule has 0 unspecified atom stereocenters. The Hall–Kier alpha value is -2.66. The molecule has 22 heavy (non-hydrogen) atoms. The van der Waals surface area contributed by atoms with Crippen LogP contribution in [0.1, 0.15) is 11.1 Å². The van der Waals surface area contributed by atoms with E-state index in [0.29, 0.717) is 22.6 Å². The topological polar surface area (TPSA) is 101 Å². The van der Waals surface area contributed by atoms with Crippen LogP contribution in [0, 0.1) is 6.92 Å². The summed E-state index contributed by atoms with van der Waals surface area (Å²) < 4.78 is 0. The molecule has 6 N–H and O–H groups in total. The van der Waals surface area contributed by atoms with E-state index in [2.05, 4.69) is 5.32 Å². The minimum atomic E-state index is -0.319. The van der Waals surface area contributed by atoms with E-state index in [1.54, 1.807) is 43.3 Å². The van der Waals surface area contributed by atoms with Gasteiger partial charge in [0.05, 0.1) is 0 Å². The number of nitrogens with two attached hydrogens (primary N) is 2. The fraction of sp³-hybridized carbons (Fsp3) is 0.0625. The number of aromatic hydroxyl groups is 1. The molecule has 0 aliphatic heterocycles. The van der Waals surface area contributed by atoms with E-state index in [9.17, 15) is 9.90 Å². The lowest BCUT2D eigenvalue weighted by Crippen LogP contribution is -2.07. The maximum atomic E-state index is 11.8. The van der Waals surface area contributed by atoms with Crippen molar-refractivity contribution in [2.75, 3.05) is 16.8 Å². The van der Waals surface area contributed by atoms with E-state index in [-0.39, 0.29) is 24.1 Å². The molecule has 0 aliphatic carbocycles. The highest BCUT2D eigenvalue weighted by atomic mass is 35.5. The van der Waals surface area contributed by atoms with Gasteiger partial charge in [0, 0.05) is 29.2 Å². The normalized spacial score (nSPS) is 10.2. The predicted molar refractivity (Wildman–Crippen MR) is 93.0 cm³/mol. The summed E-state index contributed by atoms with van der Waals surface area (Å²) in [7, 11) is 0. The second-order valence-corrected chi connectivity index (χ2v) is 4.71. The van der Waals surface area contributed by atoms with Crippen LogP contribution in [0.5, 0.6) is 5.75 Å². The van der Waals surface area contributed by atoms with Crippen LogP contribution in [-0.4, -0.2) is 11.0 Å². The van der Waals surface area contributed by atoms with Crippen molar-refractivity contribution >= 4 is 41.5 Å². The van der Waals surface area contributed by atoms with Crippen molar-refractivity contribution in [2.45, 2.75) is 6.92 Å². The Morgan fingerprint density at radius 2 is 1.91 bits per heavy atom. The highest BCUT2D eigenvalue weighted by molar-refractivity contribution is 6.02. The number of nitrogens with one attached hydrogen (secondary N) is 1. The Bertz CT molecular complexity index is 715. The zero-order chi connectivity index (χ0) is 15.4. The van der Waals surface area contributed by atoms with E-state index < -0.39 is 0 Å². The number of amides is 1. The fourth-order valence-corrected chi connectivity index (χ4v) is 1.77. The smallest absolute Gasteiger partial charge is 0.248 e. The highest BCUT2D eigenvalue weighted by Gasteiger charge is 2.02. The van der Waals surface area contributed by atoms with Crippen molar-refractivity contribution < 1.29 is 9.90 Å². The number of phenolic OH excluding ortho intramolecular Hbond substituents is 1. The molecule has 0 heterocycles. The molecular formula is C16H18ClN3O2. The van der Waals surface area contributed by atoms with Gasteiger partial charge in [-0.05, 0) is 48.4 Å². The Kier molecular flexibility index (Phi) is 5.83. The molecule has 1 amide bonds. The van der Waals surface area contributed by atoms with E-state index in [0.717, 1.165) is 5.56 Å². The van der Waals surface area contributed by atoms with Gasteiger partial charge in [-0.15, -0.1) is 12.4 Å². The number of anilines is 3. The molecule has 116 valence electrons. The number of benzene rings is 2. The summed E-state index contributed by atoms with van der Waals surface area (Å²) in [5, 5.41) is 12.2. The average molecular weight is 320 g/mol. The minimum absolute atomic E-state index is 0. The largest absolute Gasteiger partial charge is 0.508 e. The van der Waals surface area contributed by atoms with Crippen molar-refractivity contribution in [1.82, 2.24) is 0 Å². The number of carbonyl (C=O) groups is 1. The Morgan fingerprint density at radius 1 is 1.18 bits per heavy atom. The molecule has 0 bridgehead atoms. The number of rotatable bonds is 3. The number of nitrogen functional groups attached to an aromatic ring is 2. The highest BCUT2D eigenvalue weighted by Crippen LogP contribution is 2.21. The van der Waals surface area contributed by atoms with Gasteiger partial charge in [0.1, 0.15) is 5.75 Å². The van der Waals surface area contributed by atoms with Gasteiger partial charge in [-0.25, -0.2) is 0 Å². The molecule has 6 heteroatoms. The zero-order valence-corrected chi connectivity index (χ0v) is 12.9.